The van der Waals surface area contributed by atoms with Crippen molar-refractivity contribution in [3.63, 3.8) is 0 Å². The molecule has 21 heavy (non-hydrogen) atoms. The summed E-state index contributed by atoms with van der Waals surface area (Å²) < 4.78 is 0. The van der Waals surface area contributed by atoms with E-state index in [9.17, 15) is 14.9 Å². The highest BCUT2D eigenvalue weighted by molar-refractivity contribution is 7.18. The maximum atomic E-state index is 11.2. The third-order valence-corrected chi connectivity index (χ3v) is 4.50. The van der Waals surface area contributed by atoms with E-state index in [1.165, 1.54) is 18.2 Å². The monoisotopic (exact) mass is 326 g/mol. The van der Waals surface area contributed by atoms with Crippen LogP contribution in [-0.2, 0) is 6.42 Å². The highest BCUT2D eigenvalue weighted by Gasteiger charge is 2.25. The number of thiophene rings is 1. The molecule has 1 heterocycles. The van der Waals surface area contributed by atoms with Crippen molar-refractivity contribution in [3.8, 4) is 10.4 Å². The Morgan fingerprint density at radius 1 is 1.52 bits per heavy atom. The van der Waals surface area contributed by atoms with E-state index < -0.39 is 10.9 Å². The van der Waals surface area contributed by atoms with Crippen molar-refractivity contribution in [2.24, 2.45) is 0 Å². The predicted octanol–water partition coefficient (Wildman–Crippen LogP) is 3.82. The molecule has 0 aliphatic rings. The van der Waals surface area contributed by atoms with Crippen LogP contribution in [0.5, 0.6) is 0 Å². The molecule has 3 N–H and O–H groups in total. The zero-order chi connectivity index (χ0) is 15.7. The number of hydrogen-bond donors (Lipinski definition) is 2. The zero-order valence-electron chi connectivity index (χ0n) is 10.9. The minimum Gasteiger partial charge on any atom is -0.477 e. The number of carboxylic acids is 1. The number of rotatable bonds is 4. The predicted molar refractivity (Wildman–Crippen MR) is 82.2 cm³/mol. The Balaban J connectivity index is 2.76. The molecular formula is C13H11ClN2O4S. The molecule has 8 heteroatoms. The van der Waals surface area contributed by atoms with E-state index >= 15 is 0 Å². The number of nitro benzene ring substituents is 1. The Bertz CT molecular complexity index is 742. The number of hydrogen-bond acceptors (Lipinski definition) is 5. The summed E-state index contributed by atoms with van der Waals surface area (Å²) in [6, 6.07) is 4.28. The number of nitrogen functional groups attached to an aromatic ring is 1. The van der Waals surface area contributed by atoms with E-state index in [0.717, 1.165) is 11.3 Å². The average molecular weight is 327 g/mol. The molecule has 0 radical (unpaired) electrons. The van der Waals surface area contributed by atoms with E-state index in [4.69, 9.17) is 22.4 Å². The van der Waals surface area contributed by atoms with Gasteiger partial charge in [0.25, 0.3) is 5.69 Å². The quantitative estimate of drug-likeness (QED) is 0.656. The lowest BCUT2D eigenvalue weighted by Crippen LogP contribution is -1.99. The number of anilines is 1. The van der Waals surface area contributed by atoms with Gasteiger partial charge in [0.05, 0.1) is 16.2 Å². The van der Waals surface area contributed by atoms with Crippen LogP contribution in [0.15, 0.2) is 18.2 Å². The van der Waals surface area contributed by atoms with E-state index in [0.29, 0.717) is 22.4 Å². The Labute approximate surface area is 128 Å². The van der Waals surface area contributed by atoms with Crippen LogP contribution in [0.25, 0.3) is 10.4 Å². The van der Waals surface area contributed by atoms with Crippen molar-refractivity contribution in [2.45, 2.75) is 13.3 Å². The van der Waals surface area contributed by atoms with Crippen LogP contribution in [0.2, 0.25) is 5.02 Å². The molecule has 0 saturated carbocycles. The maximum absolute atomic E-state index is 11.2. The zero-order valence-corrected chi connectivity index (χ0v) is 12.5. The molecule has 0 fully saturated rings. The summed E-state index contributed by atoms with van der Waals surface area (Å²) >= 11 is 6.73. The second-order valence-electron chi connectivity index (χ2n) is 4.23. The molecular weight excluding hydrogens is 316 g/mol. The molecule has 0 amide bonds. The number of carbonyl (C=O) groups is 1. The molecule has 0 spiro atoms. The van der Waals surface area contributed by atoms with Crippen LogP contribution < -0.4 is 5.73 Å². The van der Waals surface area contributed by atoms with Gasteiger partial charge in [-0.2, -0.15) is 0 Å². The van der Waals surface area contributed by atoms with E-state index in [1.807, 2.05) is 6.92 Å². The second kappa shape index (κ2) is 5.71. The van der Waals surface area contributed by atoms with Crippen molar-refractivity contribution >= 4 is 40.3 Å². The number of nitro groups is 1. The average Bonchev–Trinajstić information content (AvgIpc) is 2.75. The first-order valence-corrected chi connectivity index (χ1v) is 7.15. The van der Waals surface area contributed by atoms with Crippen LogP contribution >= 0.6 is 22.9 Å². The summed E-state index contributed by atoms with van der Waals surface area (Å²) in [5.74, 6) is -1.14. The molecule has 0 atom stereocenters. The first kappa shape index (κ1) is 15.3. The highest BCUT2D eigenvalue weighted by atomic mass is 35.5. The SMILES string of the molecule is CCc1c(-c2ccc(Cl)cc2[N+](=O)[O-])sc(C(=O)O)c1N. The summed E-state index contributed by atoms with van der Waals surface area (Å²) in [6.45, 7) is 1.81. The number of aromatic carboxylic acids is 1. The Kier molecular flexibility index (Phi) is 4.15. The standard InChI is InChI=1S/C13H11ClN2O4S/c1-2-7-10(15)12(13(17)18)21-11(7)8-4-3-6(14)5-9(8)16(19)20/h3-5H,2,15H2,1H3,(H,17,18). The van der Waals surface area contributed by atoms with Gasteiger partial charge in [-0.25, -0.2) is 4.79 Å². The Morgan fingerprint density at radius 3 is 2.71 bits per heavy atom. The fourth-order valence-electron chi connectivity index (χ4n) is 2.05. The summed E-state index contributed by atoms with van der Waals surface area (Å²) in [6.07, 6.45) is 0.477. The smallest absolute Gasteiger partial charge is 0.348 e. The number of benzene rings is 1. The Morgan fingerprint density at radius 2 is 2.19 bits per heavy atom. The van der Waals surface area contributed by atoms with Gasteiger partial charge in [0.15, 0.2) is 0 Å². The lowest BCUT2D eigenvalue weighted by molar-refractivity contribution is -0.384. The molecule has 6 nitrogen and oxygen atoms in total. The van der Waals surface area contributed by atoms with Gasteiger partial charge < -0.3 is 10.8 Å². The number of nitrogens with zero attached hydrogens (tertiary/aromatic N) is 1. The number of carboxylic acid groups (broad SMARTS) is 1. The van der Waals surface area contributed by atoms with Crippen molar-refractivity contribution in [1.82, 2.24) is 0 Å². The van der Waals surface area contributed by atoms with Gasteiger partial charge in [0.1, 0.15) is 4.88 Å². The fourth-order valence-corrected chi connectivity index (χ4v) is 3.40. The molecule has 0 aliphatic carbocycles. The molecule has 1 aromatic heterocycles. The lowest BCUT2D eigenvalue weighted by atomic mass is 10.0. The van der Waals surface area contributed by atoms with Gasteiger partial charge in [0.2, 0.25) is 0 Å². The van der Waals surface area contributed by atoms with Crippen LogP contribution in [0.3, 0.4) is 0 Å². The lowest BCUT2D eigenvalue weighted by Gasteiger charge is -2.04. The normalized spacial score (nSPS) is 10.6. The maximum Gasteiger partial charge on any atom is 0.348 e. The summed E-state index contributed by atoms with van der Waals surface area (Å²) in [5, 5.41) is 20.6. The fraction of sp³-hybridized carbons (Fsp3) is 0.154. The van der Waals surface area contributed by atoms with E-state index in [-0.39, 0.29) is 21.3 Å². The topological polar surface area (TPSA) is 106 Å². The molecule has 0 saturated heterocycles. The van der Waals surface area contributed by atoms with Crippen molar-refractivity contribution in [2.75, 3.05) is 5.73 Å². The van der Waals surface area contributed by atoms with Crippen LogP contribution in [0, 0.1) is 10.1 Å². The van der Waals surface area contributed by atoms with E-state index in [1.54, 1.807) is 0 Å². The second-order valence-corrected chi connectivity index (χ2v) is 5.69. The Hall–Kier alpha value is -2.12. The van der Waals surface area contributed by atoms with Crippen LogP contribution in [0.4, 0.5) is 11.4 Å². The van der Waals surface area contributed by atoms with E-state index in [2.05, 4.69) is 0 Å². The molecule has 2 aromatic rings. The van der Waals surface area contributed by atoms with Gasteiger partial charge in [-0.3, -0.25) is 10.1 Å². The van der Waals surface area contributed by atoms with Crippen molar-refractivity contribution in [3.05, 3.63) is 43.8 Å². The third kappa shape index (κ3) is 2.70. The third-order valence-electron chi connectivity index (χ3n) is 3.00. The summed E-state index contributed by atoms with van der Waals surface area (Å²) in [4.78, 5) is 22.3. The largest absolute Gasteiger partial charge is 0.477 e. The molecule has 1 aromatic carbocycles. The minimum atomic E-state index is -1.14. The van der Waals surface area contributed by atoms with Gasteiger partial charge in [0, 0.05) is 16.0 Å². The molecule has 0 aliphatic heterocycles. The molecule has 2 rings (SSSR count). The van der Waals surface area contributed by atoms with Crippen LogP contribution in [-0.4, -0.2) is 16.0 Å². The van der Waals surface area contributed by atoms with Crippen LogP contribution in [0.1, 0.15) is 22.2 Å². The van der Waals surface area contributed by atoms with Crippen molar-refractivity contribution in [1.29, 1.82) is 0 Å². The van der Waals surface area contributed by atoms with Gasteiger partial charge in [-0.05, 0) is 24.1 Å². The molecule has 0 bridgehead atoms. The number of halogens is 1. The number of nitrogens with two attached hydrogens (primary N) is 1. The highest BCUT2D eigenvalue weighted by Crippen LogP contribution is 2.43. The van der Waals surface area contributed by atoms with Gasteiger partial charge in [-0.1, -0.05) is 18.5 Å². The molecule has 110 valence electrons. The van der Waals surface area contributed by atoms with Gasteiger partial charge >= 0.3 is 5.97 Å². The summed E-state index contributed by atoms with van der Waals surface area (Å²) in [7, 11) is 0. The summed E-state index contributed by atoms with van der Waals surface area (Å²) in [5.41, 5.74) is 6.76. The first-order chi connectivity index (χ1) is 9.86. The van der Waals surface area contributed by atoms with Crippen molar-refractivity contribution < 1.29 is 14.8 Å². The minimum absolute atomic E-state index is 0.00824. The molecule has 0 unspecified atom stereocenters. The first-order valence-electron chi connectivity index (χ1n) is 5.95. The van der Waals surface area contributed by atoms with Gasteiger partial charge in [-0.15, -0.1) is 11.3 Å².